The third-order valence-corrected chi connectivity index (χ3v) is 9.57. The highest BCUT2D eigenvalue weighted by Crippen LogP contribution is 2.70. The zero-order valence-electron chi connectivity index (χ0n) is 15.6. The van der Waals surface area contributed by atoms with Gasteiger partial charge in [-0.05, 0) is 38.5 Å². The van der Waals surface area contributed by atoms with Crippen molar-refractivity contribution in [3.8, 4) is 5.75 Å². The van der Waals surface area contributed by atoms with Crippen LogP contribution in [-0.4, -0.2) is 53.3 Å². The Labute approximate surface area is 161 Å². The molecule has 4 nitrogen and oxygen atoms in total. The topological polar surface area (TPSA) is 19.0 Å². The van der Waals surface area contributed by atoms with E-state index >= 15 is 0 Å². The zero-order valence-corrected chi connectivity index (χ0v) is 16.5. The lowest BCUT2D eigenvalue weighted by atomic mass is 10.3. The molecule has 0 unspecified atom stereocenters. The minimum absolute atomic E-state index is 0.691. The summed E-state index contributed by atoms with van der Waals surface area (Å²) in [5, 5.41) is 0. The number of hydrogen-bond donors (Lipinski definition) is 0. The van der Waals surface area contributed by atoms with Gasteiger partial charge >= 0.3 is 7.94 Å². The summed E-state index contributed by atoms with van der Waals surface area (Å²) in [4.78, 5) is 0. The highest BCUT2D eigenvalue weighted by Gasteiger charge is 2.63. The largest absolute Gasteiger partial charge is 0.417 e. The predicted molar refractivity (Wildman–Crippen MR) is 96.2 cm³/mol. The van der Waals surface area contributed by atoms with Crippen molar-refractivity contribution in [3.63, 3.8) is 0 Å². The van der Waals surface area contributed by atoms with Crippen LogP contribution in [0.25, 0.3) is 0 Å². The fourth-order valence-corrected chi connectivity index (χ4v) is 8.62. The van der Waals surface area contributed by atoms with E-state index in [4.69, 9.17) is 4.52 Å². The van der Waals surface area contributed by atoms with Gasteiger partial charge in [-0.1, -0.05) is 0 Å². The van der Waals surface area contributed by atoms with Gasteiger partial charge in [0.05, 0.1) is 0 Å². The van der Waals surface area contributed by atoms with Crippen molar-refractivity contribution in [3.05, 3.63) is 29.1 Å². The first-order chi connectivity index (χ1) is 13.5. The third-order valence-electron chi connectivity index (χ3n) is 5.74. The molecular weight excluding hydrogens is 400 g/mol. The van der Waals surface area contributed by atoms with E-state index in [1.807, 2.05) is 0 Å². The first kappa shape index (κ1) is 20.3. The van der Waals surface area contributed by atoms with Crippen LogP contribution in [0.15, 0.2) is 0 Å². The molecule has 0 saturated carbocycles. The molecule has 28 heavy (non-hydrogen) atoms. The third kappa shape index (κ3) is 3.20. The Balaban J connectivity index is 1.84. The standard InChI is InChI=1S/C18H24F5N3OP/c19-13-14(20)16(22)18(17(23)15(13)21)27-28(24-7-1-2-8-24,25-9-3-4-10-25)26-11-5-6-12-26/h1-12H2/q+1. The van der Waals surface area contributed by atoms with Gasteiger partial charge in [-0.15, -0.1) is 14.0 Å². The summed E-state index contributed by atoms with van der Waals surface area (Å²) in [6, 6.07) is 0. The maximum atomic E-state index is 14.5. The van der Waals surface area contributed by atoms with Gasteiger partial charge < -0.3 is 0 Å². The summed E-state index contributed by atoms with van der Waals surface area (Å²) >= 11 is 0. The molecule has 0 bridgehead atoms. The molecule has 3 saturated heterocycles. The van der Waals surface area contributed by atoms with E-state index in [1.165, 1.54) is 0 Å². The van der Waals surface area contributed by atoms with Gasteiger partial charge in [-0.25, -0.2) is 13.2 Å². The smallest absolute Gasteiger partial charge is 0.285 e. The van der Waals surface area contributed by atoms with E-state index in [1.54, 1.807) is 0 Å². The molecule has 4 rings (SSSR count). The Hall–Kier alpha value is -1.02. The quantitative estimate of drug-likeness (QED) is 0.295. The van der Waals surface area contributed by atoms with Gasteiger partial charge in [0.25, 0.3) is 5.75 Å². The molecule has 156 valence electrons. The molecule has 1 aromatic rings. The molecule has 0 aromatic heterocycles. The zero-order chi connectivity index (χ0) is 19.9. The maximum absolute atomic E-state index is 14.5. The minimum Gasteiger partial charge on any atom is -0.285 e. The van der Waals surface area contributed by atoms with Crippen LogP contribution in [-0.2, 0) is 0 Å². The average molecular weight is 424 g/mol. The van der Waals surface area contributed by atoms with Crippen LogP contribution < -0.4 is 4.52 Å². The van der Waals surface area contributed by atoms with Crippen molar-refractivity contribution in [1.29, 1.82) is 0 Å². The molecule has 0 aliphatic carbocycles. The Morgan fingerprint density at radius 3 is 1.11 bits per heavy atom. The minimum atomic E-state index is -2.91. The molecule has 0 N–H and O–H groups in total. The van der Waals surface area contributed by atoms with Gasteiger partial charge in [-0.3, -0.25) is 4.52 Å². The predicted octanol–water partition coefficient (Wildman–Crippen LogP) is 4.73. The average Bonchev–Trinajstić information content (AvgIpc) is 3.48. The summed E-state index contributed by atoms with van der Waals surface area (Å²) in [6.07, 6.45) is 5.52. The fraction of sp³-hybridized carbons (Fsp3) is 0.667. The second-order valence-electron chi connectivity index (χ2n) is 7.49. The van der Waals surface area contributed by atoms with Crippen LogP contribution in [0.3, 0.4) is 0 Å². The molecule has 0 atom stereocenters. The molecule has 1 aromatic carbocycles. The highest BCUT2D eigenvalue weighted by molar-refractivity contribution is 7.64. The van der Waals surface area contributed by atoms with Gasteiger partial charge in [-0.2, -0.15) is 8.78 Å². The number of nitrogens with zero attached hydrogens (tertiary/aromatic N) is 3. The summed E-state index contributed by atoms with van der Waals surface area (Å²) in [7, 11) is -2.91. The van der Waals surface area contributed by atoms with Crippen molar-refractivity contribution in [2.24, 2.45) is 0 Å². The SMILES string of the molecule is Fc1c(F)c(F)c(O[P+](N2CCCC2)(N2CCCC2)N2CCCC2)c(F)c1F. The van der Waals surface area contributed by atoms with Crippen molar-refractivity contribution in [2.45, 2.75) is 38.5 Å². The molecule has 0 spiro atoms. The van der Waals surface area contributed by atoms with Crippen molar-refractivity contribution < 1.29 is 26.5 Å². The fourth-order valence-electron chi connectivity index (χ4n) is 4.38. The number of halogens is 5. The van der Waals surface area contributed by atoms with E-state index in [0.29, 0.717) is 39.3 Å². The summed E-state index contributed by atoms with van der Waals surface area (Å²) in [5.41, 5.74) is 0. The second-order valence-corrected chi connectivity index (χ2v) is 10.4. The Morgan fingerprint density at radius 2 is 0.786 bits per heavy atom. The van der Waals surface area contributed by atoms with Crippen LogP contribution in [0, 0.1) is 29.1 Å². The monoisotopic (exact) mass is 424 g/mol. The maximum Gasteiger partial charge on any atom is 0.417 e. The summed E-state index contributed by atoms with van der Waals surface area (Å²) in [5.74, 6) is -11.0. The molecule has 0 amide bonds. The lowest BCUT2D eigenvalue weighted by Crippen LogP contribution is -2.45. The van der Waals surface area contributed by atoms with E-state index in [2.05, 4.69) is 14.0 Å². The highest BCUT2D eigenvalue weighted by atomic mass is 31.2. The second kappa shape index (κ2) is 8.01. The normalized spacial score (nSPS) is 22.5. The van der Waals surface area contributed by atoms with Gasteiger partial charge in [0.1, 0.15) is 0 Å². The van der Waals surface area contributed by atoms with Gasteiger partial charge in [0.2, 0.25) is 29.1 Å². The lowest BCUT2D eigenvalue weighted by molar-refractivity contribution is 0.273. The van der Waals surface area contributed by atoms with Crippen molar-refractivity contribution in [1.82, 2.24) is 14.0 Å². The summed E-state index contributed by atoms with van der Waals surface area (Å²) in [6.45, 7) is 4.14. The van der Waals surface area contributed by atoms with Crippen LogP contribution >= 0.6 is 7.94 Å². The first-order valence-electron chi connectivity index (χ1n) is 9.83. The van der Waals surface area contributed by atoms with E-state index in [9.17, 15) is 22.0 Å². The molecule has 3 aliphatic rings. The van der Waals surface area contributed by atoms with Crippen LogP contribution in [0.4, 0.5) is 22.0 Å². The Kier molecular flexibility index (Phi) is 5.80. The molecule has 0 radical (unpaired) electrons. The first-order valence-corrected chi connectivity index (χ1v) is 11.4. The molecule has 3 fully saturated rings. The van der Waals surface area contributed by atoms with E-state index < -0.39 is 42.8 Å². The van der Waals surface area contributed by atoms with E-state index in [-0.39, 0.29) is 0 Å². The van der Waals surface area contributed by atoms with Crippen molar-refractivity contribution >= 4 is 7.94 Å². The number of benzene rings is 1. The molecule has 3 aliphatic heterocycles. The van der Waals surface area contributed by atoms with Crippen LogP contribution in [0.5, 0.6) is 5.75 Å². The van der Waals surface area contributed by atoms with E-state index in [0.717, 1.165) is 38.5 Å². The van der Waals surface area contributed by atoms with Gasteiger partial charge in [0, 0.05) is 39.3 Å². The molecule has 3 heterocycles. The molecular formula is C18H24F5N3OP+. The van der Waals surface area contributed by atoms with Crippen LogP contribution in [0.1, 0.15) is 38.5 Å². The van der Waals surface area contributed by atoms with Crippen LogP contribution in [0.2, 0.25) is 0 Å². The Morgan fingerprint density at radius 1 is 0.500 bits per heavy atom. The lowest BCUT2D eigenvalue weighted by Gasteiger charge is -2.41. The van der Waals surface area contributed by atoms with Crippen molar-refractivity contribution in [2.75, 3.05) is 39.3 Å². The number of rotatable bonds is 5. The molecule has 10 heteroatoms. The number of hydrogen-bond acceptors (Lipinski definition) is 4. The summed E-state index contributed by atoms with van der Waals surface area (Å²) < 4.78 is 82.5. The Bertz CT molecular complexity index is 665. The van der Waals surface area contributed by atoms with Gasteiger partial charge in [0.15, 0.2) is 0 Å².